The van der Waals surface area contributed by atoms with Crippen molar-refractivity contribution in [3.8, 4) is 17.2 Å². The first-order valence-electron chi connectivity index (χ1n) is 9.62. The molecule has 1 amide bonds. The van der Waals surface area contributed by atoms with Crippen LogP contribution in [0.25, 0.3) is 5.69 Å². The normalized spacial score (nSPS) is 12.0. The highest BCUT2D eigenvalue weighted by Crippen LogP contribution is 2.37. The lowest BCUT2D eigenvalue weighted by Gasteiger charge is -2.17. The third-order valence-corrected chi connectivity index (χ3v) is 4.84. The second kappa shape index (κ2) is 9.98. The van der Waals surface area contributed by atoms with Gasteiger partial charge in [0.15, 0.2) is 11.5 Å². The van der Waals surface area contributed by atoms with E-state index in [0.29, 0.717) is 27.6 Å². The minimum absolute atomic E-state index is 0.0131. The number of hydrogen-bond donors (Lipinski definition) is 1. The number of carbonyl (C=O) groups excluding carboxylic acids is 1. The van der Waals surface area contributed by atoms with E-state index in [1.54, 1.807) is 31.4 Å². The fourth-order valence-corrected chi connectivity index (χ4v) is 3.00. The number of nitrogens with one attached hydrogen (secondary N) is 1. The summed E-state index contributed by atoms with van der Waals surface area (Å²) in [6.07, 6.45) is 6.25. The van der Waals surface area contributed by atoms with E-state index in [1.807, 2.05) is 55.1 Å². The Bertz CT molecular complexity index is 1010. The number of benzene rings is 2. The number of rotatable bonds is 8. The molecule has 0 aliphatic carbocycles. The zero-order chi connectivity index (χ0) is 21.5. The molecule has 7 heteroatoms. The molecule has 6 nitrogen and oxygen atoms in total. The van der Waals surface area contributed by atoms with Gasteiger partial charge in [-0.05, 0) is 67.4 Å². The third-order valence-electron chi connectivity index (χ3n) is 4.56. The van der Waals surface area contributed by atoms with Gasteiger partial charge in [0.05, 0.1) is 24.5 Å². The molecule has 0 saturated carbocycles. The fourth-order valence-electron chi connectivity index (χ4n) is 2.73. The molecule has 0 unspecified atom stereocenters. The van der Waals surface area contributed by atoms with E-state index in [1.165, 1.54) is 6.21 Å². The van der Waals surface area contributed by atoms with Crippen LogP contribution in [0.3, 0.4) is 0 Å². The summed E-state index contributed by atoms with van der Waals surface area (Å²) in [5, 5.41) is 4.45. The van der Waals surface area contributed by atoms with Crippen LogP contribution < -0.4 is 14.9 Å². The molecule has 0 aliphatic rings. The summed E-state index contributed by atoms with van der Waals surface area (Å²) in [5.74, 6) is 0.703. The fraction of sp³-hybridized carbons (Fsp3) is 0.217. The average molecular weight is 426 g/mol. The highest BCUT2D eigenvalue weighted by molar-refractivity contribution is 6.32. The zero-order valence-electron chi connectivity index (χ0n) is 17.1. The smallest absolute Gasteiger partial charge is 0.271 e. The molecule has 0 bridgehead atoms. The lowest BCUT2D eigenvalue weighted by atomic mass is 10.2. The van der Waals surface area contributed by atoms with Gasteiger partial charge in [0.2, 0.25) is 0 Å². The van der Waals surface area contributed by atoms with Crippen molar-refractivity contribution in [2.45, 2.75) is 26.4 Å². The molecule has 30 heavy (non-hydrogen) atoms. The summed E-state index contributed by atoms with van der Waals surface area (Å²) in [4.78, 5) is 12.3. The molecular weight excluding hydrogens is 402 g/mol. The molecule has 3 aromatic rings. The average Bonchev–Trinajstić information content (AvgIpc) is 3.30. The van der Waals surface area contributed by atoms with Gasteiger partial charge in [0, 0.05) is 23.6 Å². The molecule has 1 heterocycles. The molecule has 156 valence electrons. The van der Waals surface area contributed by atoms with Gasteiger partial charge in [-0.3, -0.25) is 4.79 Å². The minimum atomic E-state index is -0.305. The summed E-state index contributed by atoms with van der Waals surface area (Å²) in [6, 6.07) is 14.6. The Hall–Kier alpha value is -3.25. The van der Waals surface area contributed by atoms with Crippen molar-refractivity contribution in [1.82, 2.24) is 9.99 Å². The van der Waals surface area contributed by atoms with Gasteiger partial charge in [0.25, 0.3) is 5.91 Å². The second-order valence-electron chi connectivity index (χ2n) is 6.71. The molecule has 0 spiro atoms. The first-order chi connectivity index (χ1) is 14.5. The maximum Gasteiger partial charge on any atom is 0.271 e. The van der Waals surface area contributed by atoms with Crippen LogP contribution in [-0.2, 0) is 0 Å². The van der Waals surface area contributed by atoms with Crippen LogP contribution in [-0.4, -0.2) is 29.9 Å². The van der Waals surface area contributed by atoms with E-state index in [0.717, 1.165) is 12.1 Å². The van der Waals surface area contributed by atoms with Crippen molar-refractivity contribution in [2.24, 2.45) is 5.10 Å². The van der Waals surface area contributed by atoms with Gasteiger partial charge in [-0.1, -0.05) is 18.5 Å². The van der Waals surface area contributed by atoms with E-state index in [9.17, 15) is 4.79 Å². The van der Waals surface area contributed by atoms with Crippen LogP contribution in [0.4, 0.5) is 0 Å². The van der Waals surface area contributed by atoms with Gasteiger partial charge in [-0.2, -0.15) is 5.10 Å². The van der Waals surface area contributed by atoms with E-state index in [-0.39, 0.29) is 12.0 Å². The Balaban J connectivity index is 1.67. The van der Waals surface area contributed by atoms with Crippen LogP contribution in [0.1, 0.15) is 36.2 Å². The van der Waals surface area contributed by atoms with E-state index < -0.39 is 0 Å². The highest BCUT2D eigenvalue weighted by Gasteiger charge is 2.14. The van der Waals surface area contributed by atoms with E-state index in [2.05, 4.69) is 10.5 Å². The largest absolute Gasteiger partial charge is 0.493 e. The number of halogens is 1. The number of hydrogen-bond acceptors (Lipinski definition) is 4. The van der Waals surface area contributed by atoms with Crippen molar-refractivity contribution in [3.05, 3.63) is 77.1 Å². The number of hydrazone groups is 1. The molecule has 0 fully saturated rings. The van der Waals surface area contributed by atoms with E-state index in [4.69, 9.17) is 21.1 Å². The SMILES string of the molecule is CC[C@H](C)Oc1c(Cl)cc(/C=N/NC(=O)c2ccc(-n3cccc3)cc2)cc1OC. The zero-order valence-corrected chi connectivity index (χ0v) is 17.9. The Kier molecular flexibility index (Phi) is 7.14. The van der Waals surface area contributed by atoms with Crippen LogP contribution in [0, 0.1) is 0 Å². The number of ether oxygens (including phenoxy) is 2. The molecule has 1 aromatic heterocycles. The van der Waals surface area contributed by atoms with Crippen molar-refractivity contribution in [1.29, 1.82) is 0 Å². The standard InChI is InChI=1S/C23H24ClN3O3/c1-4-16(2)30-22-20(24)13-17(14-21(22)29-3)15-25-26-23(28)18-7-9-19(10-8-18)27-11-5-6-12-27/h5-16H,4H2,1-3H3,(H,26,28)/b25-15+/t16-/m0/s1. The van der Waals surface area contributed by atoms with E-state index >= 15 is 0 Å². The number of amides is 1. The quantitative estimate of drug-likeness (QED) is 0.404. The molecular formula is C23H24ClN3O3. The van der Waals surface area contributed by atoms with Gasteiger partial charge in [0.1, 0.15) is 0 Å². The predicted molar refractivity (Wildman–Crippen MR) is 119 cm³/mol. The lowest BCUT2D eigenvalue weighted by Crippen LogP contribution is -2.17. The topological polar surface area (TPSA) is 64.8 Å². The predicted octanol–water partition coefficient (Wildman–Crippen LogP) is 5.08. The Morgan fingerprint density at radius 1 is 1.23 bits per heavy atom. The molecule has 2 aromatic carbocycles. The summed E-state index contributed by atoms with van der Waals surface area (Å²) in [6.45, 7) is 3.99. The first kappa shape index (κ1) is 21.5. The van der Waals surface area contributed by atoms with Crippen molar-refractivity contribution < 1.29 is 14.3 Å². The molecule has 3 rings (SSSR count). The number of aromatic nitrogens is 1. The summed E-state index contributed by atoms with van der Waals surface area (Å²) >= 11 is 6.35. The molecule has 1 atom stereocenters. The number of carbonyl (C=O) groups is 1. The maximum atomic E-state index is 12.3. The summed E-state index contributed by atoms with van der Waals surface area (Å²) < 4.78 is 13.2. The van der Waals surface area contributed by atoms with Crippen LogP contribution >= 0.6 is 11.6 Å². The molecule has 0 radical (unpaired) electrons. The molecule has 0 aliphatic heterocycles. The lowest BCUT2D eigenvalue weighted by molar-refractivity contribution is 0.0955. The Morgan fingerprint density at radius 3 is 2.57 bits per heavy atom. The number of methoxy groups -OCH3 is 1. The van der Waals surface area contributed by atoms with Crippen LogP contribution in [0.5, 0.6) is 11.5 Å². The second-order valence-corrected chi connectivity index (χ2v) is 7.11. The third kappa shape index (κ3) is 5.21. The van der Waals surface area contributed by atoms with Crippen molar-refractivity contribution in [2.75, 3.05) is 7.11 Å². The van der Waals surface area contributed by atoms with Crippen LogP contribution in [0.2, 0.25) is 5.02 Å². The molecule has 0 saturated heterocycles. The van der Waals surface area contributed by atoms with Gasteiger partial charge in [-0.25, -0.2) is 5.43 Å². The summed E-state index contributed by atoms with van der Waals surface area (Å²) in [7, 11) is 1.55. The van der Waals surface area contributed by atoms with Crippen molar-refractivity contribution >= 4 is 23.7 Å². The Morgan fingerprint density at radius 2 is 1.93 bits per heavy atom. The van der Waals surface area contributed by atoms with Crippen LogP contribution in [0.15, 0.2) is 66.0 Å². The number of nitrogens with zero attached hydrogens (tertiary/aromatic N) is 2. The van der Waals surface area contributed by atoms with Gasteiger partial charge >= 0.3 is 0 Å². The maximum absolute atomic E-state index is 12.3. The highest BCUT2D eigenvalue weighted by atomic mass is 35.5. The summed E-state index contributed by atoms with van der Waals surface area (Å²) in [5.41, 5.74) is 4.68. The molecule has 1 N–H and O–H groups in total. The van der Waals surface area contributed by atoms with Crippen molar-refractivity contribution in [3.63, 3.8) is 0 Å². The Labute approximate surface area is 181 Å². The van der Waals surface area contributed by atoms with Gasteiger partial charge in [-0.15, -0.1) is 0 Å². The monoisotopic (exact) mass is 425 g/mol. The van der Waals surface area contributed by atoms with Gasteiger partial charge < -0.3 is 14.0 Å². The first-order valence-corrected chi connectivity index (χ1v) is 10.0. The minimum Gasteiger partial charge on any atom is -0.493 e.